The average Bonchev–Trinajstić information content (AvgIpc) is 2.36. The van der Waals surface area contributed by atoms with Crippen LogP contribution in [0.2, 0.25) is 0 Å². The van der Waals surface area contributed by atoms with Crippen molar-refractivity contribution in [2.45, 2.75) is 26.3 Å². The minimum Gasteiger partial charge on any atom is -0.350 e. The molecule has 2 amide bonds. The number of carbonyl (C=O) groups is 2. The fourth-order valence-corrected chi connectivity index (χ4v) is 1.39. The number of rotatable bonds is 6. The molecule has 0 heterocycles. The van der Waals surface area contributed by atoms with E-state index in [1.165, 1.54) is 6.07 Å². The first kappa shape index (κ1) is 14.2. The van der Waals surface area contributed by atoms with Crippen molar-refractivity contribution in [2.24, 2.45) is 0 Å². The lowest BCUT2D eigenvalue weighted by molar-refractivity contribution is -0.126. The zero-order chi connectivity index (χ0) is 13.4. The molecular formula is C13H17FN2O2. The Labute approximate surface area is 106 Å². The van der Waals surface area contributed by atoms with Gasteiger partial charge in [-0.05, 0) is 12.5 Å². The maximum absolute atomic E-state index is 13.2. The van der Waals surface area contributed by atoms with E-state index in [0.717, 1.165) is 6.42 Å². The summed E-state index contributed by atoms with van der Waals surface area (Å²) in [4.78, 5) is 22.5. The Morgan fingerprint density at radius 3 is 2.56 bits per heavy atom. The Morgan fingerprint density at radius 1 is 1.17 bits per heavy atom. The number of hydrogen-bond donors (Lipinski definition) is 2. The topological polar surface area (TPSA) is 58.2 Å². The highest BCUT2D eigenvalue weighted by Crippen LogP contribution is 2.05. The van der Waals surface area contributed by atoms with Crippen LogP contribution in [-0.4, -0.2) is 18.4 Å². The standard InChI is InChI=1S/C13H17FN2O2/c1-2-5-12(17)16-9-13(18)15-8-10-6-3-4-7-11(10)14/h3-4,6-7H,2,5,8-9H2,1H3,(H,15,18)(H,16,17). The van der Waals surface area contributed by atoms with Crippen LogP contribution >= 0.6 is 0 Å². The van der Waals surface area contributed by atoms with Crippen molar-refractivity contribution in [3.8, 4) is 0 Å². The van der Waals surface area contributed by atoms with Gasteiger partial charge in [-0.25, -0.2) is 4.39 Å². The van der Waals surface area contributed by atoms with Crippen LogP contribution in [0.4, 0.5) is 4.39 Å². The molecule has 98 valence electrons. The first-order chi connectivity index (χ1) is 8.63. The van der Waals surface area contributed by atoms with E-state index in [1.54, 1.807) is 18.2 Å². The fourth-order valence-electron chi connectivity index (χ4n) is 1.39. The fraction of sp³-hybridized carbons (Fsp3) is 0.385. The van der Waals surface area contributed by atoms with Gasteiger partial charge in [-0.15, -0.1) is 0 Å². The molecule has 0 aliphatic heterocycles. The number of carbonyl (C=O) groups excluding carboxylic acids is 2. The molecule has 1 rings (SSSR count). The van der Waals surface area contributed by atoms with Crippen molar-refractivity contribution in [2.75, 3.05) is 6.54 Å². The number of nitrogens with one attached hydrogen (secondary N) is 2. The first-order valence-electron chi connectivity index (χ1n) is 5.90. The van der Waals surface area contributed by atoms with E-state index in [0.29, 0.717) is 12.0 Å². The molecule has 0 fully saturated rings. The lowest BCUT2D eigenvalue weighted by Gasteiger charge is -2.07. The summed E-state index contributed by atoms with van der Waals surface area (Å²) in [6.07, 6.45) is 1.14. The second kappa shape index (κ2) is 7.42. The normalized spacial score (nSPS) is 9.89. The minimum atomic E-state index is -0.354. The number of halogens is 1. The Kier molecular flexibility index (Phi) is 5.84. The molecule has 0 spiro atoms. The summed E-state index contributed by atoms with van der Waals surface area (Å²) >= 11 is 0. The van der Waals surface area contributed by atoms with E-state index in [4.69, 9.17) is 0 Å². The van der Waals surface area contributed by atoms with E-state index in [-0.39, 0.29) is 30.7 Å². The summed E-state index contributed by atoms with van der Waals surface area (Å²) in [7, 11) is 0. The van der Waals surface area contributed by atoms with Gasteiger partial charge in [0.25, 0.3) is 0 Å². The largest absolute Gasteiger partial charge is 0.350 e. The highest BCUT2D eigenvalue weighted by Gasteiger charge is 2.06. The molecule has 0 unspecified atom stereocenters. The van der Waals surface area contributed by atoms with Crippen LogP contribution < -0.4 is 10.6 Å². The molecule has 0 aromatic heterocycles. The minimum absolute atomic E-state index is 0.0761. The predicted octanol–water partition coefficient (Wildman–Crippen LogP) is 1.36. The van der Waals surface area contributed by atoms with E-state index < -0.39 is 0 Å². The second-order valence-electron chi connectivity index (χ2n) is 3.89. The summed E-state index contributed by atoms with van der Waals surface area (Å²) in [5, 5.41) is 5.03. The third-order valence-electron chi connectivity index (χ3n) is 2.36. The van der Waals surface area contributed by atoms with Crippen LogP contribution in [0.5, 0.6) is 0 Å². The van der Waals surface area contributed by atoms with Crippen molar-refractivity contribution in [3.63, 3.8) is 0 Å². The van der Waals surface area contributed by atoms with E-state index in [9.17, 15) is 14.0 Å². The quantitative estimate of drug-likeness (QED) is 0.803. The lowest BCUT2D eigenvalue weighted by Crippen LogP contribution is -2.36. The SMILES string of the molecule is CCCC(=O)NCC(=O)NCc1ccccc1F. The molecule has 1 aromatic rings. The van der Waals surface area contributed by atoms with Crippen LogP contribution in [0.15, 0.2) is 24.3 Å². The molecule has 4 nitrogen and oxygen atoms in total. The monoisotopic (exact) mass is 252 g/mol. The molecule has 0 atom stereocenters. The van der Waals surface area contributed by atoms with Crippen LogP contribution in [-0.2, 0) is 16.1 Å². The van der Waals surface area contributed by atoms with Gasteiger partial charge in [0.2, 0.25) is 11.8 Å². The molecule has 0 saturated heterocycles. The molecule has 0 radical (unpaired) electrons. The smallest absolute Gasteiger partial charge is 0.239 e. The van der Waals surface area contributed by atoms with Crippen LogP contribution in [0, 0.1) is 5.82 Å². The van der Waals surface area contributed by atoms with Crippen molar-refractivity contribution < 1.29 is 14.0 Å². The van der Waals surface area contributed by atoms with E-state index >= 15 is 0 Å². The highest BCUT2D eigenvalue weighted by atomic mass is 19.1. The molecule has 5 heteroatoms. The number of hydrogen-bond acceptors (Lipinski definition) is 2. The summed E-state index contributed by atoms with van der Waals surface area (Å²) in [6.45, 7) is 1.93. The molecular weight excluding hydrogens is 235 g/mol. The van der Waals surface area contributed by atoms with Gasteiger partial charge in [-0.3, -0.25) is 9.59 Å². The highest BCUT2D eigenvalue weighted by molar-refractivity contribution is 5.84. The molecule has 2 N–H and O–H groups in total. The van der Waals surface area contributed by atoms with Gasteiger partial charge in [0.05, 0.1) is 6.54 Å². The molecule has 0 bridgehead atoms. The second-order valence-corrected chi connectivity index (χ2v) is 3.89. The molecule has 18 heavy (non-hydrogen) atoms. The predicted molar refractivity (Wildman–Crippen MR) is 66.2 cm³/mol. The van der Waals surface area contributed by atoms with Gasteiger partial charge in [0, 0.05) is 18.5 Å². The zero-order valence-electron chi connectivity index (χ0n) is 10.3. The average molecular weight is 252 g/mol. The molecule has 0 aliphatic carbocycles. The van der Waals surface area contributed by atoms with Gasteiger partial charge in [0.1, 0.15) is 5.82 Å². The zero-order valence-corrected chi connectivity index (χ0v) is 10.3. The molecule has 0 saturated carbocycles. The Morgan fingerprint density at radius 2 is 1.89 bits per heavy atom. The molecule has 0 aliphatic rings. The summed E-state index contributed by atoms with van der Waals surface area (Å²) in [6, 6.07) is 6.23. The van der Waals surface area contributed by atoms with Crippen molar-refractivity contribution >= 4 is 11.8 Å². The van der Waals surface area contributed by atoms with Gasteiger partial charge in [-0.1, -0.05) is 25.1 Å². The first-order valence-corrected chi connectivity index (χ1v) is 5.90. The lowest BCUT2D eigenvalue weighted by atomic mass is 10.2. The summed E-state index contributed by atoms with van der Waals surface area (Å²) < 4.78 is 13.2. The maximum Gasteiger partial charge on any atom is 0.239 e. The van der Waals surface area contributed by atoms with Crippen molar-refractivity contribution in [1.29, 1.82) is 0 Å². The van der Waals surface area contributed by atoms with Crippen LogP contribution in [0.3, 0.4) is 0 Å². The Balaban J connectivity index is 2.29. The third-order valence-corrected chi connectivity index (χ3v) is 2.36. The van der Waals surface area contributed by atoms with Gasteiger partial charge < -0.3 is 10.6 Å². The summed E-state index contributed by atoms with van der Waals surface area (Å²) in [5.74, 6) is -0.839. The van der Waals surface area contributed by atoms with Gasteiger partial charge in [-0.2, -0.15) is 0 Å². The van der Waals surface area contributed by atoms with E-state index in [2.05, 4.69) is 10.6 Å². The third kappa shape index (κ3) is 4.95. The van der Waals surface area contributed by atoms with Crippen molar-refractivity contribution in [1.82, 2.24) is 10.6 Å². The van der Waals surface area contributed by atoms with Gasteiger partial charge in [0.15, 0.2) is 0 Å². The van der Waals surface area contributed by atoms with Gasteiger partial charge >= 0.3 is 0 Å². The molecule has 1 aromatic carbocycles. The summed E-state index contributed by atoms with van der Waals surface area (Å²) in [5.41, 5.74) is 0.422. The Hall–Kier alpha value is -1.91. The van der Waals surface area contributed by atoms with E-state index in [1.807, 2.05) is 6.92 Å². The van der Waals surface area contributed by atoms with Crippen molar-refractivity contribution in [3.05, 3.63) is 35.6 Å². The van der Waals surface area contributed by atoms with Crippen LogP contribution in [0.25, 0.3) is 0 Å². The number of amides is 2. The maximum atomic E-state index is 13.2. The van der Waals surface area contributed by atoms with Crippen LogP contribution in [0.1, 0.15) is 25.3 Å². The number of benzene rings is 1. The Bertz CT molecular complexity index is 421.